The lowest BCUT2D eigenvalue weighted by Crippen LogP contribution is -2.36. The van der Waals surface area contributed by atoms with Gasteiger partial charge in [-0.15, -0.1) is 11.3 Å². The van der Waals surface area contributed by atoms with Crippen LogP contribution in [0.3, 0.4) is 0 Å². The molecule has 0 N–H and O–H groups in total. The monoisotopic (exact) mass is 532 g/mol. The molecule has 3 aromatic rings. The Labute approximate surface area is 227 Å². The second-order valence-electron chi connectivity index (χ2n) is 8.80. The van der Waals surface area contributed by atoms with Gasteiger partial charge in [0.25, 0.3) is 0 Å². The van der Waals surface area contributed by atoms with Crippen molar-refractivity contribution in [2.75, 3.05) is 19.8 Å². The largest absolute Gasteiger partial charge is 0.494 e. The average Bonchev–Trinajstić information content (AvgIpc) is 3.39. The van der Waals surface area contributed by atoms with Crippen LogP contribution in [0, 0.1) is 5.92 Å². The van der Waals surface area contributed by atoms with Crippen LogP contribution in [0.15, 0.2) is 70.2 Å². The highest BCUT2D eigenvalue weighted by Gasteiger charge is 2.42. The fraction of sp³-hybridized carbons (Fsp3) is 0.333. The summed E-state index contributed by atoms with van der Waals surface area (Å²) in [5, 5.41) is 2.85. The number of nitrogens with zero attached hydrogens (tertiary/aromatic N) is 2. The molecule has 2 heterocycles. The van der Waals surface area contributed by atoms with Crippen LogP contribution in [0.1, 0.15) is 46.1 Å². The van der Waals surface area contributed by atoms with Gasteiger partial charge in [-0.2, -0.15) is 0 Å². The number of aromatic nitrogens is 1. The van der Waals surface area contributed by atoms with Crippen molar-refractivity contribution in [1.29, 1.82) is 0 Å². The normalized spacial score (nSPS) is 17.1. The third-order valence-electron chi connectivity index (χ3n) is 6.32. The van der Waals surface area contributed by atoms with E-state index in [1.165, 1.54) is 11.3 Å². The van der Waals surface area contributed by atoms with Gasteiger partial charge in [0.05, 0.1) is 31.1 Å². The Bertz CT molecular complexity index is 1370. The van der Waals surface area contributed by atoms with E-state index in [9.17, 15) is 9.59 Å². The molecule has 0 spiro atoms. The van der Waals surface area contributed by atoms with E-state index in [1.807, 2.05) is 60.8 Å². The number of carbonyl (C=O) groups is 2. The van der Waals surface area contributed by atoms with Crippen molar-refractivity contribution in [3.63, 3.8) is 0 Å². The van der Waals surface area contributed by atoms with E-state index in [2.05, 4.69) is 4.99 Å². The number of hydrogen-bond acceptors (Lipinski definition) is 8. The predicted octanol–water partition coefficient (Wildman–Crippen LogP) is 6.45. The summed E-state index contributed by atoms with van der Waals surface area (Å²) >= 11 is 1.54. The maximum Gasteiger partial charge on any atom is 0.336 e. The molecule has 38 heavy (non-hydrogen) atoms. The second kappa shape index (κ2) is 12.2. The highest BCUT2D eigenvalue weighted by molar-refractivity contribution is 7.13. The smallest absolute Gasteiger partial charge is 0.336 e. The first kappa shape index (κ1) is 27.3. The van der Waals surface area contributed by atoms with Crippen molar-refractivity contribution in [2.45, 2.75) is 40.5 Å². The van der Waals surface area contributed by atoms with E-state index in [-0.39, 0.29) is 13.2 Å². The summed E-state index contributed by atoms with van der Waals surface area (Å²) in [5.41, 5.74) is 5.09. The topological polar surface area (TPSA) is 87.1 Å². The van der Waals surface area contributed by atoms with Crippen LogP contribution in [0.25, 0.3) is 21.8 Å². The van der Waals surface area contributed by atoms with Crippen LogP contribution in [-0.4, -0.2) is 42.5 Å². The summed E-state index contributed by atoms with van der Waals surface area (Å²) in [6.07, 6.45) is 0. The van der Waals surface area contributed by atoms with Crippen molar-refractivity contribution in [1.82, 2.24) is 4.98 Å². The van der Waals surface area contributed by atoms with Crippen molar-refractivity contribution in [3.05, 3.63) is 70.7 Å². The van der Waals surface area contributed by atoms with Gasteiger partial charge in [-0.1, -0.05) is 18.2 Å². The third kappa shape index (κ3) is 5.70. The van der Waals surface area contributed by atoms with E-state index < -0.39 is 23.8 Å². The summed E-state index contributed by atoms with van der Waals surface area (Å²) in [4.78, 5) is 35.6. The molecule has 0 saturated heterocycles. The summed E-state index contributed by atoms with van der Waals surface area (Å²) in [7, 11) is 0. The number of benzene rings is 2. The summed E-state index contributed by atoms with van der Waals surface area (Å²) in [5.74, 6) is -1.38. The third-order valence-corrected chi connectivity index (χ3v) is 7.21. The first-order chi connectivity index (χ1) is 18.4. The molecule has 7 nitrogen and oxygen atoms in total. The SMILES string of the molecule is CCOC(=O)C1=C(C)N=C(C)C(C(=O)OCC)C1c1cccc(-c2nc(-c3ccc(OCC)cc3)cs2)c1. The second-order valence-corrected chi connectivity index (χ2v) is 9.66. The van der Waals surface area contributed by atoms with Crippen molar-refractivity contribution >= 4 is 29.0 Å². The molecule has 2 atom stereocenters. The first-order valence-electron chi connectivity index (χ1n) is 12.8. The van der Waals surface area contributed by atoms with E-state index in [0.29, 0.717) is 23.6 Å². The van der Waals surface area contributed by atoms with Crippen molar-refractivity contribution in [2.24, 2.45) is 10.9 Å². The number of hydrogen-bond donors (Lipinski definition) is 0. The van der Waals surface area contributed by atoms with Gasteiger partial charge in [0.1, 0.15) is 16.7 Å². The lowest BCUT2D eigenvalue weighted by Gasteiger charge is -2.31. The molecule has 0 fully saturated rings. The molecule has 4 rings (SSSR count). The van der Waals surface area contributed by atoms with Crippen LogP contribution in [-0.2, 0) is 19.1 Å². The number of rotatable bonds is 9. The molecule has 1 aliphatic heterocycles. The van der Waals surface area contributed by atoms with Crippen LogP contribution >= 0.6 is 11.3 Å². The lowest BCUT2D eigenvalue weighted by molar-refractivity contribution is -0.146. The zero-order chi connectivity index (χ0) is 27.2. The van der Waals surface area contributed by atoms with Gasteiger partial charge >= 0.3 is 11.9 Å². The van der Waals surface area contributed by atoms with Crippen LogP contribution in [0.4, 0.5) is 0 Å². The molecule has 0 radical (unpaired) electrons. The molecule has 0 aliphatic carbocycles. The van der Waals surface area contributed by atoms with Gasteiger partial charge in [0.2, 0.25) is 0 Å². The predicted molar refractivity (Wildman–Crippen MR) is 149 cm³/mol. The molecule has 0 saturated carbocycles. The standard InChI is InChI=1S/C30H32N2O5S/c1-6-35-23-14-12-20(13-15-23)24-17-38-28(32-24)22-11-9-10-21(16-22)27-25(29(33)36-7-2)18(4)31-19(5)26(27)30(34)37-8-3/h9-17,25,27H,6-8H2,1-5H3. The minimum Gasteiger partial charge on any atom is -0.494 e. The van der Waals surface area contributed by atoms with Gasteiger partial charge in [0.15, 0.2) is 0 Å². The fourth-order valence-corrected chi connectivity index (χ4v) is 5.53. The summed E-state index contributed by atoms with van der Waals surface area (Å²) in [6, 6.07) is 15.7. The zero-order valence-electron chi connectivity index (χ0n) is 22.3. The molecule has 0 bridgehead atoms. The number of allylic oxidation sites excluding steroid dienone is 1. The molecular formula is C30H32N2O5S. The molecule has 8 heteroatoms. The molecule has 2 unspecified atom stereocenters. The Hall–Kier alpha value is -3.78. The molecule has 198 valence electrons. The molecular weight excluding hydrogens is 500 g/mol. The summed E-state index contributed by atoms with van der Waals surface area (Å²) < 4.78 is 16.3. The van der Waals surface area contributed by atoms with E-state index in [1.54, 1.807) is 27.7 Å². The maximum atomic E-state index is 13.1. The Morgan fingerprint density at radius 2 is 1.66 bits per heavy atom. The zero-order valence-corrected chi connectivity index (χ0v) is 23.1. The Morgan fingerprint density at radius 3 is 2.34 bits per heavy atom. The van der Waals surface area contributed by atoms with Gasteiger partial charge in [-0.05, 0) is 70.5 Å². The fourth-order valence-electron chi connectivity index (χ4n) is 4.70. The van der Waals surface area contributed by atoms with Crippen molar-refractivity contribution in [3.8, 4) is 27.6 Å². The maximum absolute atomic E-state index is 13.1. The molecule has 2 aromatic carbocycles. The number of carbonyl (C=O) groups excluding carboxylic acids is 2. The minimum atomic E-state index is -0.732. The summed E-state index contributed by atoms with van der Waals surface area (Å²) in [6.45, 7) is 10.1. The van der Waals surface area contributed by atoms with Gasteiger partial charge < -0.3 is 14.2 Å². The number of esters is 2. The first-order valence-corrected chi connectivity index (χ1v) is 13.6. The quantitative estimate of drug-likeness (QED) is 0.294. The highest BCUT2D eigenvalue weighted by atomic mass is 32.1. The number of thiazole rings is 1. The Morgan fingerprint density at radius 1 is 0.921 bits per heavy atom. The van der Waals surface area contributed by atoms with Crippen LogP contribution < -0.4 is 4.74 Å². The van der Waals surface area contributed by atoms with E-state index >= 15 is 0 Å². The Kier molecular flexibility index (Phi) is 8.73. The van der Waals surface area contributed by atoms with Crippen LogP contribution in [0.2, 0.25) is 0 Å². The Balaban J connectivity index is 1.73. The van der Waals surface area contributed by atoms with E-state index in [4.69, 9.17) is 19.2 Å². The van der Waals surface area contributed by atoms with Crippen LogP contribution in [0.5, 0.6) is 5.75 Å². The van der Waals surface area contributed by atoms with Gasteiger partial charge in [-0.25, -0.2) is 9.78 Å². The highest BCUT2D eigenvalue weighted by Crippen LogP contribution is 2.41. The number of aliphatic imine (C=N–C) groups is 1. The molecule has 1 aromatic heterocycles. The average molecular weight is 533 g/mol. The number of ether oxygens (including phenoxy) is 3. The van der Waals surface area contributed by atoms with Crippen molar-refractivity contribution < 1.29 is 23.8 Å². The molecule has 0 amide bonds. The van der Waals surface area contributed by atoms with Gasteiger partial charge in [0, 0.05) is 33.8 Å². The lowest BCUT2D eigenvalue weighted by atomic mass is 9.75. The minimum absolute atomic E-state index is 0.225. The molecule has 1 aliphatic rings. The van der Waals surface area contributed by atoms with Gasteiger partial charge in [-0.3, -0.25) is 9.79 Å². The van der Waals surface area contributed by atoms with E-state index in [0.717, 1.165) is 33.1 Å².